The third kappa shape index (κ3) is 5.78. The molecule has 1 nitrogen and oxygen atoms in total. The van der Waals surface area contributed by atoms with Gasteiger partial charge >= 0.3 is 6.36 Å². The zero-order valence-corrected chi connectivity index (χ0v) is 19.0. The topological polar surface area (TPSA) is 9.23 Å². The van der Waals surface area contributed by atoms with Gasteiger partial charge in [0.05, 0.1) is 0 Å². The molecule has 0 saturated heterocycles. The second-order valence-corrected chi connectivity index (χ2v) is 8.93. The van der Waals surface area contributed by atoms with Crippen molar-refractivity contribution in [1.82, 2.24) is 0 Å². The van der Waals surface area contributed by atoms with Gasteiger partial charge in [0.25, 0.3) is 0 Å². The molecule has 1 unspecified atom stereocenters. The van der Waals surface area contributed by atoms with Crippen molar-refractivity contribution in [3.8, 4) is 16.9 Å². The van der Waals surface area contributed by atoms with Gasteiger partial charge in [0.15, 0.2) is 0 Å². The van der Waals surface area contributed by atoms with E-state index in [1.54, 1.807) is 12.1 Å². The van der Waals surface area contributed by atoms with Crippen LogP contribution in [0.15, 0.2) is 54.6 Å². The summed E-state index contributed by atoms with van der Waals surface area (Å²) in [6.07, 6.45) is 1.38. The first-order valence-corrected chi connectivity index (χ1v) is 11.7. The summed E-state index contributed by atoms with van der Waals surface area (Å²) in [7, 11) is 0. The molecule has 1 atom stereocenters. The van der Waals surface area contributed by atoms with Crippen LogP contribution in [0.25, 0.3) is 11.1 Å². The number of benzene rings is 3. The Balaban J connectivity index is 1.50. The number of alkyl halides is 3. The van der Waals surface area contributed by atoms with Gasteiger partial charge in [0.1, 0.15) is 17.4 Å². The fraction of sp³-hybridized carbons (Fsp3) is 0.357. The van der Waals surface area contributed by atoms with Crippen LogP contribution in [-0.2, 0) is 19.3 Å². The Hall–Kier alpha value is -2.89. The molecule has 0 N–H and O–H groups in total. The molecule has 0 bridgehead atoms. The molecule has 0 aliphatic heterocycles. The van der Waals surface area contributed by atoms with E-state index in [0.29, 0.717) is 29.5 Å². The summed E-state index contributed by atoms with van der Waals surface area (Å²) in [6.45, 7) is 2.14. The molecule has 0 heterocycles. The van der Waals surface area contributed by atoms with E-state index < -0.39 is 12.2 Å². The van der Waals surface area contributed by atoms with Crippen LogP contribution in [0.4, 0.5) is 22.0 Å². The molecule has 0 spiro atoms. The number of hydrogen-bond acceptors (Lipinski definition) is 1. The van der Waals surface area contributed by atoms with Crippen LogP contribution in [0.1, 0.15) is 60.8 Å². The van der Waals surface area contributed by atoms with Gasteiger partial charge in [-0.25, -0.2) is 8.78 Å². The number of unbranched alkanes of at least 4 members (excludes halogenated alkanes) is 2. The quantitative estimate of drug-likeness (QED) is 0.246. The van der Waals surface area contributed by atoms with Crippen LogP contribution in [0, 0.1) is 11.6 Å². The van der Waals surface area contributed by atoms with E-state index in [9.17, 15) is 22.0 Å². The van der Waals surface area contributed by atoms with Gasteiger partial charge in [-0.1, -0.05) is 44.0 Å². The molecule has 1 aliphatic carbocycles. The van der Waals surface area contributed by atoms with Crippen LogP contribution >= 0.6 is 0 Å². The van der Waals surface area contributed by atoms with Crippen LogP contribution in [0.5, 0.6) is 5.75 Å². The highest BCUT2D eigenvalue weighted by molar-refractivity contribution is 5.67. The molecule has 180 valence electrons. The van der Waals surface area contributed by atoms with Crippen molar-refractivity contribution in [2.24, 2.45) is 0 Å². The number of ether oxygens (including phenoxy) is 1. The first-order valence-electron chi connectivity index (χ1n) is 11.7. The number of fused-ring (bicyclic) bond motifs is 1. The zero-order chi connectivity index (χ0) is 24.3. The van der Waals surface area contributed by atoms with Gasteiger partial charge in [-0.2, -0.15) is 0 Å². The predicted octanol–water partition coefficient (Wildman–Crippen LogP) is 8.54. The average Bonchev–Trinajstić information content (AvgIpc) is 2.78. The highest BCUT2D eigenvalue weighted by Gasteiger charge is 2.31. The van der Waals surface area contributed by atoms with Gasteiger partial charge in [0, 0.05) is 5.56 Å². The smallest absolute Gasteiger partial charge is 0.406 e. The van der Waals surface area contributed by atoms with Crippen LogP contribution in [0.3, 0.4) is 0 Å². The predicted molar refractivity (Wildman–Crippen MR) is 123 cm³/mol. The molecule has 6 heteroatoms. The summed E-state index contributed by atoms with van der Waals surface area (Å²) in [5.74, 6) is -1.01. The van der Waals surface area contributed by atoms with Crippen molar-refractivity contribution in [2.45, 2.75) is 64.1 Å². The Morgan fingerprint density at radius 3 is 2.32 bits per heavy atom. The molecule has 0 saturated carbocycles. The number of hydrogen-bond donors (Lipinski definition) is 0. The minimum atomic E-state index is -4.77. The van der Waals surface area contributed by atoms with E-state index in [0.717, 1.165) is 48.8 Å². The second-order valence-electron chi connectivity index (χ2n) is 8.93. The summed E-state index contributed by atoms with van der Waals surface area (Å²) in [5, 5.41) is 0. The van der Waals surface area contributed by atoms with E-state index >= 15 is 0 Å². The Bertz CT molecular complexity index is 1130. The number of rotatable bonds is 7. The summed E-state index contributed by atoms with van der Waals surface area (Å²) >= 11 is 0. The first kappa shape index (κ1) is 24.2. The molecule has 0 radical (unpaired) electrons. The molecule has 4 rings (SSSR count). The Kier molecular flexibility index (Phi) is 7.24. The van der Waals surface area contributed by atoms with E-state index in [-0.39, 0.29) is 17.5 Å². The summed E-state index contributed by atoms with van der Waals surface area (Å²) in [4.78, 5) is 0. The molecule has 3 aromatic carbocycles. The minimum absolute atomic E-state index is 0.0127. The van der Waals surface area contributed by atoms with Crippen molar-refractivity contribution >= 4 is 0 Å². The lowest BCUT2D eigenvalue weighted by Crippen LogP contribution is -2.17. The molecule has 0 fully saturated rings. The fourth-order valence-electron chi connectivity index (χ4n) is 4.74. The van der Waals surface area contributed by atoms with Gasteiger partial charge < -0.3 is 4.74 Å². The average molecular weight is 475 g/mol. The van der Waals surface area contributed by atoms with Crippen LogP contribution in [-0.4, -0.2) is 6.36 Å². The van der Waals surface area contributed by atoms with Gasteiger partial charge in [0.2, 0.25) is 0 Å². The van der Waals surface area contributed by atoms with E-state index in [4.69, 9.17) is 0 Å². The number of halogens is 5. The van der Waals surface area contributed by atoms with E-state index in [1.807, 2.05) is 12.1 Å². The SMILES string of the molecule is CCCCCc1ccc(C2CCc3cc(-c4ccc(OC(F)(F)F)cc4)c(F)cc3C2)c(F)c1. The van der Waals surface area contributed by atoms with Gasteiger partial charge in [-0.15, -0.1) is 13.2 Å². The Labute approximate surface area is 196 Å². The number of aryl methyl sites for hydroxylation is 2. The standard InChI is InChI=1S/C28H27F5O/c1-2-3-4-5-18-6-13-24(26(29)14-18)21-8-7-20-16-25(27(30)17-22(20)15-21)19-9-11-23(12-10-19)34-28(31,32)33/h6,9-14,16-17,21H,2-5,7-8,15H2,1H3. The highest BCUT2D eigenvalue weighted by atomic mass is 19.4. The minimum Gasteiger partial charge on any atom is -0.406 e. The Morgan fingerprint density at radius 2 is 1.65 bits per heavy atom. The van der Waals surface area contributed by atoms with E-state index in [2.05, 4.69) is 11.7 Å². The highest BCUT2D eigenvalue weighted by Crippen LogP contribution is 2.37. The molecule has 34 heavy (non-hydrogen) atoms. The summed E-state index contributed by atoms with van der Waals surface area (Å²) in [6, 6.07) is 13.9. The maximum atomic E-state index is 15.0. The second kappa shape index (κ2) is 10.2. The third-order valence-corrected chi connectivity index (χ3v) is 6.49. The lowest BCUT2D eigenvalue weighted by molar-refractivity contribution is -0.274. The maximum absolute atomic E-state index is 15.0. The maximum Gasteiger partial charge on any atom is 0.573 e. The fourth-order valence-corrected chi connectivity index (χ4v) is 4.74. The van der Waals surface area contributed by atoms with Crippen molar-refractivity contribution in [1.29, 1.82) is 0 Å². The monoisotopic (exact) mass is 474 g/mol. The zero-order valence-electron chi connectivity index (χ0n) is 19.0. The molecule has 3 aromatic rings. The largest absolute Gasteiger partial charge is 0.573 e. The summed E-state index contributed by atoms with van der Waals surface area (Å²) < 4.78 is 70.8. The third-order valence-electron chi connectivity index (χ3n) is 6.49. The lowest BCUT2D eigenvalue weighted by atomic mass is 9.79. The molecular weight excluding hydrogens is 447 g/mol. The normalized spacial score (nSPS) is 15.8. The van der Waals surface area contributed by atoms with Crippen LogP contribution in [0.2, 0.25) is 0 Å². The molecule has 0 aromatic heterocycles. The molecule has 0 amide bonds. The lowest BCUT2D eigenvalue weighted by Gasteiger charge is -2.26. The van der Waals surface area contributed by atoms with Gasteiger partial charge in [-0.3, -0.25) is 0 Å². The summed E-state index contributed by atoms with van der Waals surface area (Å²) in [5.41, 5.74) is 4.32. The Morgan fingerprint density at radius 1 is 0.882 bits per heavy atom. The van der Waals surface area contributed by atoms with Crippen LogP contribution < -0.4 is 4.74 Å². The van der Waals surface area contributed by atoms with E-state index in [1.165, 1.54) is 30.3 Å². The van der Waals surface area contributed by atoms with Gasteiger partial charge in [-0.05, 0) is 96.2 Å². The van der Waals surface area contributed by atoms with Crippen molar-refractivity contribution < 1.29 is 26.7 Å². The van der Waals surface area contributed by atoms with Crippen molar-refractivity contribution in [2.75, 3.05) is 0 Å². The first-order chi connectivity index (χ1) is 16.2. The molecular formula is C28H27F5O. The van der Waals surface area contributed by atoms with Crippen molar-refractivity contribution in [3.05, 3.63) is 88.5 Å². The molecule has 1 aliphatic rings. The van der Waals surface area contributed by atoms with Crippen molar-refractivity contribution in [3.63, 3.8) is 0 Å².